The van der Waals surface area contributed by atoms with Gasteiger partial charge in [-0.05, 0) is 32.9 Å². The van der Waals surface area contributed by atoms with Gasteiger partial charge in [0, 0.05) is 6.04 Å². The number of carbonyl (C=O) groups excluding carboxylic acids is 1. The number of carbonyl (C=O) groups is 1. The third kappa shape index (κ3) is 2.19. The number of carboxylic acids is 1. The number of carboxylic acid groups (broad SMARTS) is 1. The summed E-state index contributed by atoms with van der Waals surface area (Å²) in [5.74, 6) is -0.952. The van der Waals surface area contributed by atoms with Gasteiger partial charge < -0.3 is 9.90 Å². The van der Waals surface area contributed by atoms with Crippen LogP contribution in [-0.4, -0.2) is 30.0 Å². The predicted molar refractivity (Wildman–Crippen MR) is 39.9 cm³/mol. The highest BCUT2D eigenvalue weighted by atomic mass is 16.4. The van der Waals surface area contributed by atoms with Crippen LogP contribution in [0.5, 0.6) is 0 Å². The molecule has 0 spiro atoms. The summed E-state index contributed by atoms with van der Waals surface area (Å²) in [5, 5.41) is 10.4. The summed E-state index contributed by atoms with van der Waals surface area (Å²) < 4.78 is 0. The Labute approximate surface area is 67.0 Å². The highest BCUT2D eigenvalue weighted by Crippen LogP contribution is 2.11. The van der Waals surface area contributed by atoms with Crippen LogP contribution in [0.3, 0.4) is 0 Å². The fraction of sp³-hybridized carbons (Fsp3) is 0.875. The second-order valence-electron chi connectivity index (χ2n) is 3.09. The van der Waals surface area contributed by atoms with E-state index in [1.807, 2.05) is 4.90 Å². The van der Waals surface area contributed by atoms with E-state index < -0.39 is 12.0 Å². The highest BCUT2D eigenvalue weighted by molar-refractivity contribution is 5.70. The van der Waals surface area contributed by atoms with Crippen LogP contribution in [0.4, 0.5) is 0 Å². The second kappa shape index (κ2) is 3.72. The van der Waals surface area contributed by atoms with Gasteiger partial charge in [0.25, 0.3) is 0 Å². The standard InChI is InChI=1S/C8H15NO2/c1-7(8(10)11)9-5-3-2-4-6-9/h7H,2-6H2,1H3,(H,10,11)/p-1. The van der Waals surface area contributed by atoms with Crippen molar-refractivity contribution in [2.24, 2.45) is 0 Å². The maximum absolute atomic E-state index is 10.4. The molecule has 1 saturated heterocycles. The first-order valence-electron chi connectivity index (χ1n) is 4.16. The van der Waals surface area contributed by atoms with Crippen LogP contribution >= 0.6 is 0 Å². The van der Waals surface area contributed by atoms with Crippen LogP contribution < -0.4 is 5.11 Å². The Kier molecular flexibility index (Phi) is 2.88. The number of piperidine rings is 1. The maximum atomic E-state index is 10.4. The van der Waals surface area contributed by atoms with Crippen LogP contribution in [0, 0.1) is 0 Å². The second-order valence-corrected chi connectivity index (χ2v) is 3.09. The van der Waals surface area contributed by atoms with Gasteiger partial charge in [0.15, 0.2) is 0 Å². The molecule has 0 radical (unpaired) electrons. The number of nitrogens with zero attached hydrogens (tertiary/aromatic N) is 1. The molecule has 1 aliphatic heterocycles. The topological polar surface area (TPSA) is 43.4 Å². The SMILES string of the molecule is CC(C(=O)[O-])N1CCCCC1. The smallest absolute Gasteiger partial charge is 0.0583 e. The summed E-state index contributed by atoms with van der Waals surface area (Å²) in [4.78, 5) is 12.4. The maximum Gasteiger partial charge on any atom is 0.0583 e. The largest absolute Gasteiger partial charge is 0.548 e. The molecule has 0 aromatic rings. The zero-order valence-electron chi connectivity index (χ0n) is 6.88. The molecule has 1 heterocycles. The van der Waals surface area contributed by atoms with Crippen LogP contribution in [0.15, 0.2) is 0 Å². The summed E-state index contributed by atoms with van der Waals surface area (Å²) in [7, 11) is 0. The summed E-state index contributed by atoms with van der Waals surface area (Å²) in [6, 6.07) is -0.407. The molecule has 0 N–H and O–H groups in total. The molecule has 11 heavy (non-hydrogen) atoms. The fourth-order valence-corrected chi connectivity index (χ4v) is 1.45. The van der Waals surface area contributed by atoms with Crippen LogP contribution in [0.2, 0.25) is 0 Å². The average Bonchev–Trinajstić information content (AvgIpc) is 2.05. The fourth-order valence-electron chi connectivity index (χ4n) is 1.45. The first-order valence-corrected chi connectivity index (χ1v) is 4.16. The van der Waals surface area contributed by atoms with E-state index in [4.69, 9.17) is 0 Å². The van der Waals surface area contributed by atoms with E-state index in [-0.39, 0.29) is 0 Å². The van der Waals surface area contributed by atoms with Crippen LogP contribution in [-0.2, 0) is 4.79 Å². The Morgan fingerprint density at radius 1 is 1.36 bits per heavy atom. The van der Waals surface area contributed by atoms with Gasteiger partial charge in [-0.3, -0.25) is 4.90 Å². The molecule has 3 heteroatoms. The van der Waals surface area contributed by atoms with Crippen molar-refractivity contribution in [3.8, 4) is 0 Å². The molecule has 0 aromatic heterocycles. The number of likely N-dealkylation sites (tertiary alicyclic amines) is 1. The van der Waals surface area contributed by atoms with E-state index in [2.05, 4.69) is 0 Å². The zero-order chi connectivity index (χ0) is 8.27. The Morgan fingerprint density at radius 3 is 2.36 bits per heavy atom. The minimum absolute atomic E-state index is 0.407. The number of rotatable bonds is 2. The van der Waals surface area contributed by atoms with Crippen molar-refractivity contribution in [1.29, 1.82) is 0 Å². The monoisotopic (exact) mass is 156 g/mol. The van der Waals surface area contributed by atoms with E-state index >= 15 is 0 Å². The van der Waals surface area contributed by atoms with Crippen molar-refractivity contribution in [3.63, 3.8) is 0 Å². The van der Waals surface area contributed by atoms with Crippen molar-refractivity contribution in [2.45, 2.75) is 32.2 Å². The molecule has 3 nitrogen and oxygen atoms in total. The summed E-state index contributed by atoms with van der Waals surface area (Å²) in [6.45, 7) is 3.52. The lowest BCUT2D eigenvalue weighted by Crippen LogP contribution is -2.48. The molecule has 1 atom stereocenters. The molecule has 1 rings (SSSR count). The first kappa shape index (κ1) is 8.53. The number of hydrogen-bond donors (Lipinski definition) is 0. The third-order valence-corrected chi connectivity index (χ3v) is 2.28. The molecule has 1 aliphatic rings. The Balaban J connectivity index is 2.38. The molecule has 64 valence electrons. The summed E-state index contributed by atoms with van der Waals surface area (Å²) >= 11 is 0. The van der Waals surface area contributed by atoms with Gasteiger partial charge in [-0.25, -0.2) is 0 Å². The lowest BCUT2D eigenvalue weighted by Gasteiger charge is -2.32. The molecule has 1 fully saturated rings. The Hall–Kier alpha value is -0.570. The van der Waals surface area contributed by atoms with Crippen molar-refractivity contribution in [3.05, 3.63) is 0 Å². The van der Waals surface area contributed by atoms with E-state index in [9.17, 15) is 9.90 Å². The van der Waals surface area contributed by atoms with E-state index in [1.165, 1.54) is 6.42 Å². The van der Waals surface area contributed by atoms with E-state index in [0.717, 1.165) is 25.9 Å². The van der Waals surface area contributed by atoms with Crippen LogP contribution in [0.25, 0.3) is 0 Å². The lowest BCUT2D eigenvalue weighted by molar-refractivity contribution is -0.311. The van der Waals surface area contributed by atoms with Crippen molar-refractivity contribution in [1.82, 2.24) is 4.90 Å². The molecule has 0 saturated carbocycles. The average molecular weight is 156 g/mol. The van der Waals surface area contributed by atoms with Gasteiger partial charge in [-0.1, -0.05) is 6.42 Å². The minimum atomic E-state index is -0.952. The molecule has 0 aliphatic carbocycles. The summed E-state index contributed by atoms with van der Waals surface area (Å²) in [6.07, 6.45) is 3.48. The van der Waals surface area contributed by atoms with Gasteiger partial charge >= 0.3 is 0 Å². The molecule has 0 aromatic carbocycles. The lowest BCUT2D eigenvalue weighted by atomic mass is 10.1. The van der Waals surface area contributed by atoms with Crippen molar-refractivity contribution >= 4 is 5.97 Å². The van der Waals surface area contributed by atoms with Gasteiger partial charge in [-0.15, -0.1) is 0 Å². The van der Waals surface area contributed by atoms with Crippen LogP contribution in [0.1, 0.15) is 26.2 Å². The highest BCUT2D eigenvalue weighted by Gasteiger charge is 2.16. The first-order chi connectivity index (χ1) is 5.22. The molecular formula is C8H14NO2-. The molecule has 0 amide bonds. The van der Waals surface area contributed by atoms with E-state index in [0.29, 0.717) is 0 Å². The zero-order valence-corrected chi connectivity index (χ0v) is 6.88. The normalized spacial score (nSPS) is 23.0. The Morgan fingerprint density at radius 2 is 1.91 bits per heavy atom. The number of hydrogen-bond acceptors (Lipinski definition) is 3. The van der Waals surface area contributed by atoms with Gasteiger partial charge in [0.05, 0.1) is 5.97 Å². The Bertz CT molecular complexity index is 141. The van der Waals surface area contributed by atoms with Crippen molar-refractivity contribution in [2.75, 3.05) is 13.1 Å². The minimum Gasteiger partial charge on any atom is -0.548 e. The molecular weight excluding hydrogens is 142 g/mol. The van der Waals surface area contributed by atoms with Gasteiger partial charge in [-0.2, -0.15) is 0 Å². The third-order valence-electron chi connectivity index (χ3n) is 2.28. The van der Waals surface area contributed by atoms with E-state index in [1.54, 1.807) is 6.92 Å². The van der Waals surface area contributed by atoms with Gasteiger partial charge in [0.1, 0.15) is 0 Å². The quantitative estimate of drug-likeness (QED) is 0.547. The number of aliphatic carboxylic acids is 1. The van der Waals surface area contributed by atoms with Crippen molar-refractivity contribution < 1.29 is 9.90 Å². The van der Waals surface area contributed by atoms with Gasteiger partial charge in [0.2, 0.25) is 0 Å². The summed E-state index contributed by atoms with van der Waals surface area (Å²) in [5.41, 5.74) is 0. The molecule has 0 bridgehead atoms. The predicted octanol–water partition coefficient (Wildman–Crippen LogP) is -0.389. The molecule has 1 unspecified atom stereocenters.